The maximum Gasteiger partial charge on any atom is 0.414 e. The Kier molecular flexibility index (Phi) is 12.6. The molecule has 0 fully saturated rings. The summed E-state index contributed by atoms with van der Waals surface area (Å²) in [4.78, 5) is 18.2. The summed E-state index contributed by atoms with van der Waals surface area (Å²) in [6.07, 6.45) is 0. The molecular formula is C2H7AlO5. The second-order valence-electron chi connectivity index (χ2n) is 0.610. The highest BCUT2D eigenvalue weighted by Crippen LogP contribution is 1.56. The minimum Gasteiger partial charge on any atom is -0.473 e. The van der Waals surface area contributed by atoms with Gasteiger partial charge in [-0.3, -0.25) is 0 Å². The van der Waals surface area contributed by atoms with Crippen LogP contribution >= 0.6 is 0 Å². The summed E-state index contributed by atoms with van der Waals surface area (Å²) in [6.45, 7) is 0. The smallest absolute Gasteiger partial charge is 0.414 e. The third-order valence-electron chi connectivity index (χ3n) is 0.183. The van der Waals surface area contributed by atoms with Gasteiger partial charge < -0.3 is 15.7 Å². The van der Waals surface area contributed by atoms with Gasteiger partial charge in [-0.1, -0.05) is 0 Å². The Morgan fingerprint density at radius 2 is 1.12 bits per heavy atom. The van der Waals surface area contributed by atoms with Gasteiger partial charge in [-0.15, -0.1) is 0 Å². The maximum atomic E-state index is 9.10. The normalized spacial score (nSPS) is 5.50. The molecule has 5 nitrogen and oxygen atoms in total. The lowest BCUT2D eigenvalue weighted by molar-refractivity contribution is -0.159. The van der Waals surface area contributed by atoms with Crippen molar-refractivity contribution in [2.75, 3.05) is 0 Å². The molecule has 0 aliphatic rings. The monoisotopic (exact) mass is 138 g/mol. The SMILES string of the molecule is O.O=C(O)C(=O)O.[AlH3]. The zero-order chi connectivity index (χ0) is 5.15. The molecule has 0 aliphatic heterocycles. The predicted molar refractivity (Wildman–Crippen MR) is 28.8 cm³/mol. The zero-order valence-corrected chi connectivity index (χ0v) is 3.21. The van der Waals surface area contributed by atoms with Crippen molar-refractivity contribution in [2.24, 2.45) is 0 Å². The van der Waals surface area contributed by atoms with Crippen molar-refractivity contribution in [2.45, 2.75) is 0 Å². The highest BCUT2D eigenvalue weighted by Gasteiger charge is 2.04. The van der Waals surface area contributed by atoms with E-state index in [0.717, 1.165) is 0 Å². The average Bonchev–Trinajstić information content (AvgIpc) is 1.36. The molecule has 6 heteroatoms. The number of carboxylic acids is 2. The van der Waals surface area contributed by atoms with Gasteiger partial charge in [0.1, 0.15) is 0 Å². The summed E-state index contributed by atoms with van der Waals surface area (Å²) in [5, 5.41) is 14.8. The van der Waals surface area contributed by atoms with Gasteiger partial charge in [-0.25, -0.2) is 9.59 Å². The van der Waals surface area contributed by atoms with Crippen LogP contribution in [0.3, 0.4) is 0 Å². The fourth-order valence-corrected chi connectivity index (χ4v) is 0. The summed E-state index contributed by atoms with van der Waals surface area (Å²) < 4.78 is 0. The van der Waals surface area contributed by atoms with Crippen LogP contribution in [-0.2, 0) is 9.59 Å². The average molecular weight is 138 g/mol. The van der Waals surface area contributed by atoms with Gasteiger partial charge in [0.25, 0.3) is 0 Å². The molecule has 0 radical (unpaired) electrons. The van der Waals surface area contributed by atoms with E-state index in [4.69, 9.17) is 19.8 Å². The molecule has 48 valence electrons. The van der Waals surface area contributed by atoms with Gasteiger partial charge in [0.15, 0.2) is 17.4 Å². The Hall–Kier alpha value is -0.568. The maximum absolute atomic E-state index is 9.10. The van der Waals surface area contributed by atoms with Crippen LogP contribution in [-0.4, -0.2) is 45.0 Å². The van der Waals surface area contributed by atoms with Crippen LogP contribution in [0.5, 0.6) is 0 Å². The van der Waals surface area contributed by atoms with Crippen LogP contribution in [0.2, 0.25) is 0 Å². The molecule has 0 unspecified atom stereocenters. The van der Waals surface area contributed by atoms with Crippen molar-refractivity contribution < 1.29 is 25.3 Å². The fraction of sp³-hybridized carbons (Fsp3) is 0. The van der Waals surface area contributed by atoms with E-state index in [2.05, 4.69) is 0 Å². The molecule has 0 bridgehead atoms. The Morgan fingerprint density at radius 1 is 1.00 bits per heavy atom. The van der Waals surface area contributed by atoms with E-state index in [0.29, 0.717) is 0 Å². The van der Waals surface area contributed by atoms with E-state index >= 15 is 0 Å². The lowest BCUT2D eigenvalue weighted by Crippen LogP contribution is -2.09. The van der Waals surface area contributed by atoms with Crippen molar-refractivity contribution in [3.05, 3.63) is 0 Å². The van der Waals surface area contributed by atoms with Crippen molar-refractivity contribution in [3.63, 3.8) is 0 Å². The Labute approximate surface area is 55.4 Å². The van der Waals surface area contributed by atoms with Crippen LogP contribution in [0.15, 0.2) is 0 Å². The number of hydrogen-bond donors (Lipinski definition) is 2. The highest BCUT2D eigenvalue weighted by molar-refractivity contribution is 6.27. The van der Waals surface area contributed by atoms with Crippen molar-refractivity contribution in [3.8, 4) is 0 Å². The zero-order valence-electron chi connectivity index (χ0n) is 3.21. The minimum atomic E-state index is -1.82. The van der Waals surface area contributed by atoms with E-state index in [1.807, 2.05) is 0 Å². The van der Waals surface area contributed by atoms with E-state index in [9.17, 15) is 0 Å². The largest absolute Gasteiger partial charge is 0.473 e. The molecule has 0 aromatic rings. The van der Waals surface area contributed by atoms with Crippen LogP contribution in [0.4, 0.5) is 0 Å². The van der Waals surface area contributed by atoms with Crippen molar-refractivity contribution in [1.29, 1.82) is 0 Å². The van der Waals surface area contributed by atoms with Gasteiger partial charge in [0.2, 0.25) is 0 Å². The molecule has 0 saturated carbocycles. The molecule has 0 amide bonds. The van der Waals surface area contributed by atoms with E-state index in [1.54, 1.807) is 0 Å². The van der Waals surface area contributed by atoms with Crippen LogP contribution in [0, 0.1) is 0 Å². The molecule has 0 aromatic carbocycles. The first-order chi connectivity index (χ1) is 2.64. The number of carbonyl (C=O) groups is 2. The third-order valence-corrected chi connectivity index (χ3v) is 0.183. The molecule has 8 heavy (non-hydrogen) atoms. The quantitative estimate of drug-likeness (QED) is 0.277. The molecule has 0 heterocycles. The molecule has 0 rings (SSSR count). The molecular weight excluding hydrogens is 131 g/mol. The van der Waals surface area contributed by atoms with Crippen molar-refractivity contribution in [1.82, 2.24) is 0 Å². The lowest BCUT2D eigenvalue weighted by atomic mass is 10.7. The van der Waals surface area contributed by atoms with E-state index in [1.165, 1.54) is 0 Å². The van der Waals surface area contributed by atoms with E-state index in [-0.39, 0.29) is 22.8 Å². The van der Waals surface area contributed by atoms with E-state index < -0.39 is 11.9 Å². The Morgan fingerprint density at radius 3 is 1.12 bits per heavy atom. The third kappa shape index (κ3) is 9.06. The topological polar surface area (TPSA) is 106 Å². The molecule has 0 aromatic heterocycles. The summed E-state index contributed by atoms with van der Waals surface area (Å²) in [6, 6.07) is 0. The lowest BCUT2D eigenvalue weighted by Gasteiger charge is -1.72. The van der Waals surface area contributed by atoms with Gasteiger partial charge in [0.05, 0.1) is 0 Å². The summed E-state index contributed by atoms with van der Waals surface area (Å²) in [5.74, 6) is -3.65. The molecule has 0 atom stereocenters. The van der Waals surface area contributed by atoms with Gasteiger partial charge in [-0.2, -0.15) is 0 Å². The molecule has 0 spiro atoms. The number of hydrogen-bond acceptors (Lipinski definition) is 2. The van der Waals surface area contributed by atoms with Crippen LogP contribution in [0.25, 0.3) is 0 Å². The number of aliphatic carboxylic acids is 2. The first-order valence-corrected chi connectivity index (χ1v) is 1.11. The molecule has 0 aliphatic carbocycles. The molecule has 0 saturated heterocycles. The van der Waals surface area contributed by atoms with Gasteiger partial charge >= 0.3 is 11.9 Å². The molecule has 4 N–H and O–H groups in total. The van der Waals surface area contributed by atoms with Crippen molar-refractivity contribution >= 4 is 29.3 Å². The number of carboxylic acid groups (broad SMARTS) is 2. The first kappa shape index (κ1) is 15.7. The predicted octanol–water partition coefficient (Wildman–Crippen LogP) is -2.85. The van der Waals surface area contributed by atoms with Gasteiger partial charge in [0, 0.05) is 0 Å². The fourth-order valence-electron chi connectivity index (χ4n) is 0. The second kappa shape index (κ2) is 6.43. The Bertz CT molecular complexity index is 76.4. The van der Waals surface area contributed by atoms with Gasteiger partial charge in [-0.05, 0) is 0 Å². The van der Waals surface area contributed by atoms with Crippen LogP contribution < -0.4 is 0 Å². The summed E-state index contributed by atoms with van der Waals surface area (Å²) in [7, 11) is 0. The minimum absolute atomic E-state index is 0. The summed E-state index contributed by atoms with van der Waals surface area (Å²) in [5.41, 5.74) is 0. The first-order valence-electron chi connectivity index (χ1n) is 1.11. The standard InChI is InChI=1S/C2H2O4.Al.H2O.3H/c3-1(4)2(5)6;;;;;/h(H,3,4)(H,5,6);;1H2;;;. The highest BCUT2D eigenvalue weighted by atomic mass is 27.0. The Balaban J connectivity index is -0.000000125. The van der Waals surface area contributed by atoms with Crippen LogP contribution in [0.1, 0.15) is 0 Å². The second-order valence-corrected chi connectivity index (χ2v) is 0.610. The summed E-state index contributed by atoms with van der Waals surface area (Å²) >= 11 is 0. The number of rotatable bonds is 0.